The van der Waals surface area contributed by atoms with Crippen LogP contribution in [0, 0.1) is 0 Å². The highest BCUT2D eigenvalue weighted by molar-refractivity contribution is 5.13. The van der Waals surface area contributed by atoms with Crippen molar-refractivity contribution >= 4 is 0 Å². The molecule has 0 aromatic carbocycles. The maximum absolute atomic E-state index is 4.22. The van der Waals surface area contributed by atoms with Gasteiger partial charge in [0.2, 0.25) is 0 Å². The Morgan fingerprint density at radius 1 is 1.27 bits per heavy atom. The predicted octanol–water partition coefficient (Wildman–Crippen LogP) is 3.02. The highest BCUT2D eigenvalue weighted by atomic mass is 15.1. The van der Waals surface area contributed by atoms with E-state index in [1.807, 2.05) is 18.5 Å². The van der Waals surface area contributed by atoms with E-state index >= 15 is 0 Å². The van der Waals surface area contributed by atoms with Crippen molar-refractivity contribution in [1.29, 1.82) is 0 Å². The van der Waals surface area contributed by atoms with Crippen LogP contribution in [0.1, 0.15) is 43.7 Å². The van der Waals surface area contributed by atoms with Gasteiger partial charge < -0.3 is 0 Å². The van der Waals surface area contributed by atoms with Crippen molar-refractivity contribution in [3.05, 3.63) is 30.1 Å². The summed E-state index contributed by atoms with van der Waals surface area (Å²) in [6.45, 7) is 1.22. The molecule has 1 aromatic heterocycles. The molecule has 82 valence electrons. The highest BCUT2D eigenvalue weighted by Gasteiger charge is 2.17. The minimum atomic E-state index is 0.582. The zero-order chi connectivity index (χ0) is 10.5. The van der Waals surface area contributed by atoms with Crippen LogP contribution in [0.25, 0.3) is 0 Å². The molecular weight excluding hydrogens is 184 g/mol. The first-order chi connectivity index (χ1) is 7.38. The van der Waals surface area contributed by atoms with Crippen molar-refractivity contribution in [2.24, 2.45) is 0 Å². The molecule has 0 unspecified atom stereocenters. The maximum Gasteiger partial charge on any atom is 0.0360 e. The van der Waals surface area contributed by atoms with E-state index in [0.29, 0.717) is 6.04 Å². The molecule has 1 aliphatic heterocycles. The Morgan fingerprint density at radius 3 is 2.93 bits per heavy atom. The second kappa shape index (κ2) is 5.26. The first-order valence-electron chi connectivity index (χ1n) is 5.98. The van der Waals surface area contributed by atoms with Crippen molar-refractivity contribution in [2.45, 2.75) is 38.1 Å². The molecule has 0 aliphatic carbocycles. The van der Waals surface area contributed by atoms with Crippen LogP contribution in [0.15, 0.2) is 24.5 Å². The van der Waals surface area contributed by atoms with Crippen LogP contribution in [0.3, 0.4) is 0 Å². The Balaban J connectivity index is 2.10. The van der Waals surface area contributed by atoms with Crippen molar-refractivity contribution < 1.29 is 0 Å². The fourth-order valence-corrected chi connectivity index (χ4v) is 2.42. The Labute approximate surface area is 92.3 Å². The molecule has 1 saturated heterocycles. The Bertz CT molecular complexity index is 284. The number of aromatic nitrogens is 1. The van der Waals surface area contributed by atoms with E-state index < -0.39 is 0 Å². The third-order valence-electron chi connectivity index (χ3n) is 3.34. The number of rotatable bonds is 1. The minimum Gasteiger partial charge on any atom is -0.299 e. The summed E-state index contributed by atoms with van der Waals surface area (Å²) >= 11 is 0. The fourth-order valence-electron chi connectivity index (χ4n) is 2.42. The molecule has 2 rings (SSSR count). The van der Waals surface area contributed by atoms with E-state index in [2.05, 4.69) is 23.0 Å². The second-order valence-electron chi connectivity index (χ2n) is 4.49. The van der Waals surface area contributed by atoms with Crippen LogP contribution < -0.4 is 0 Å². The van der Waals surface area contributed by atoms with Crippen molar-refractivity contribution in [2.75, 3.05) is 13.6 Å². The maximum atomic E-state index is 4.22. The molecule has 1 aromatic rings. The van der Waals surface area contributed by atoms with Crippen molar-refractivity contribution in [1.82, 2.24) is 9.88 Å². The highest BCUT2D eigenvalue weighted by Crippen LogP contribution is 2.27. The molecule has 15 heavy (non-hydrogen) atoms. The summed E-state index contributed by atoms with van der Waals surface area (Å²) in [4.78, 5) is 6.70. The standard InChI is InChI=1S/C13H20N2/c1-15-10-5-3-2-4-8-13(15)12-7-6-9-14-11-12/h6-7,9,11,13H,2-5,8,10H2,1H3/t13-/m0/s1. The molecular formula is C13H20N2. The van der Waals surface area contributed by atoms with E-state index in [4.69, 9.17) is 0 Å². The lowest BCUT2D eigenvalue weighted by Gasteiger charge is -2.30. The summed E-state index contributed by atoms with van der Waals surface area (Å²) in [5, 5.41) is 0. The number of hydrogen-bond acceptors (Lipinski definition) is 2. The van der Waals surface area contributed by atoms with E-state index in [1.54, 1.807) is 0 Å². The van der Waals surface area contributed by atoms with Crippen LogP contribution >= 0.6 is 0 Å². The third kappa shape index (κ3) is 2.78. The van der Waals surface area contributed by atoms with E-state index in [0.717, 1.165) is 0 Å². The van der Waals surface area contributed by atoms with Gasteiger partial charge in [-0.1, -0.05) is 25.3 Å². The van der Waals surface area contributed by atoms with Gasteiger partial charge in [0.25, 0.3) is 0 Å². The summed E-state index contributed by atoms with van der Waals surface area (Å²) < 4.78 is 0. The Kier molecular flexibility index (Phi) is 3.73. The lowest BCUT2D eigenvalue weighted by atomic mass is 9.97. The molecule has 0 radical (unpaired) electrons. The molecule has 1 atom stereocenters. The smallest absolute Gasteiger partial charge is 0.0360 e. The van der Waals surface area contributed by atoms with Crippen molar-refractivity contribution in [3.63, 3.8) is 0 Å². The zero-order valence-electron chi connectivity index (χ0n) is 9.52. The second-order valence-corrected chi connectivity index (χ2v) is 4.49. The minimum absolute atomic E-state index is 0.582. The Morgan fingerprint density at radius 2 is 2.13 bits per heavy atom. The van der Waals surface area contributed by atoms with Gasteiger partial charge in [-0.15, -0.1) is 0 Å². The quantitative estimate of drug-likeness (QED) is 0.699. The van der Waals surface area contributed by atoms with Gasteiger partial charge in [0.15, 0.2) is 0 Å². The largest absolute Gasteiger partial charge is 0.299 e. The van der Waals surface area contributed by atoms with Gasteiger partial charge in [0, 0.05) is 18.4 Å². The monoisotopic (exact) mass is 204 g/mol. The zero-order valence-corrected chi connectivity index (χ0v) is 9.52. The van der Waals surface area contributed by atoms with Crippen molar-refractivity contribution in [3.8, 4) is 0 Å². The molecule has 0 saturated carbocycles. The Hall–Kier alpha value is -0.890. The van der Waals surface area contributed by atoms with Gasteiger partial charge in [-0.3, -0.25) is 9.88 Å². The average Bonchev–Trinajstić information content (AvgIpc) is 2.25. The molecule has 1 fully saturated rings. The van der Waals surface area contributed by atoms with Gasteiger partial charge in [0.1, 0.15) is 0 Å². The molecule has 0 bridgehead atoms. The first kappa shape index (κ1) is 10.6. The topological polar surface area (TPSA) is 16.1 Å². The number of likely N-dealkylation sites (tertiary alicyclic amines) is 1. The average molecular weight is 204 g/mol. The summed E-state index contributed by atoms with van der Waals surface area (Å²) in [5.74, 6) is 0. The van der Waals surface area contributed by atoms with Crippen LogP contribution in [-0.2, 0) is 0 Å². The molecule has 2 nitrogen and oxygen atoms in total. The number of hydrogen-bond donors (Lipinski definition) is 0. The summed E-state index contributed by atoms with van der Waals surface area (Å²) in [5.41, 5.74) is 1.38. The van der Waals surface area contributed by atoms with Gasteiger partial charge >= 0.3 is 0 Å². The lowest BCUT2D eigenvalue weighted by molar-refractivity contribution is 0.209. The number of nitrogens with zero attached hydrogens (tertiary/aromatic N) is 2. The molecule has 1 aliphatic rings. The van der Waals surface area contributed by atoms with Crippen LogP contribution in [0.5, 0.6) is 0 Å². The molecule has 0 N–H and O–H groups in total. The van der Waals surface area contributed by atoms with E-state index in [9.17, 15) is 0 Å². The van der Waals surface area contributed by atoms with Crippen LogP contribution in [0.2, 0.25) is 0 Å². The SMILES string of the molecule is CN1CCCCCC[C@H]1c1cccnc1. The lowest BCUT2D eigenvalue weighted by Crippen LogP contribution is -2.27. The van der Waals surface area contributed by atoms with E-state index in [1.165, 1.54) is 44.2 Å². The third-order valence-corrected chi connectivity index (χ3v) is 3.34. The summed E-state index contributed by atoms with van der Waals surface area (Å²) in [6.07, 6.45) is 10.6. The van der Waals surface area contributed by atoms with Gasteiger partial charge in [-0.2, -0.15) is 0 Å². The first-order valence-corrected chi connectivity index (χ1v) is 5.98. The molecule has 2 heteroatoms. The normalized spacial score (nSPS) is 24.5. The fraction of sp³-hybridized carbons (Fsp3) is 0.615. The molecule has 2 heterocycles. The van der Waals surface area contributed by atoms with Crippen LogP contribution in [0.4, 0.5) is 0 Å². The molecule has 0 amide bonds. The van der Waals surface area contributed by atoms with Crippen LogP contribution in [-0.4, -0.2) is 23.5 Å². The molecule has 0 spiro atoms. The van der Waals surface area contributed by atoms with Gasteiger partial charge in [-0.05, 0) is 38.1 Å². The summed E-state index contributed by atoms with van der Waals surface area (Å²) in [7, 11) is 2.24. The van der Waals surface area contributed by atoms with E-state index in [-0.39, 0.29) is 0 Å². The predicted molar refractivity (Wildman–Crippen MR) is 62.7 cm³/mol. The van der Waals surface area contributed by atoms with Gasteiger partial charge in [0.05, 0.1) is 0 Å². The summed E-state index contributed by atoms with van der Waals surface area (Å²) in [6, 6.07) is 4.83. The number of pyridine rings is 1. The van der Waals surface area contributed by atoms with Gasteiger partial charge in [-0.25, -0.2) is 0 Å².